The molecule has 17 heavy (non-hydrogen) atoms. The van der Waals surface area contributed by atoms with Crippen LogP contribution in [0.3, 0.4) is 0 Å². The molecule has 3 N–H and O–H groups in total. The van der Waals surface area contributed by atoms with Gasteiger partial charge < -0.3 is 15.7 Å². The van der Waals surface area contributed by atoms with Gasteiger partial charge >= 0.3 is 0 Å². The number of halogens is 2. The molecule has 2 unspecified atom stereocenters. The van der Waals surface area contributed by atoms with Gasteiger partial charge in [-0.05, 0) is 18.4 Å². The minimum atomic E-state index is -0.513. The van der Waals surface area contributed by atoms with Gasteiger partial charge in [0.25, 0.3) is 0 Å². The lowest BCUT2D eigenvalue weighted by molar-refractivity contribution is 0.245. The maximum Gasteiger partial charge on any atom is 0.143 e. The molecule has 1 aliphatic heterocycles. The second kappa shape index (κ2) is 4.70. The molecule has 0 amide bonds. The number of hydrogen-bond acceptors (Lipinski definition) is 3. The summed E-state index contributed by atoms with van der Waals surface area (Å²) in [6.45, 7) is 2.95. The molecule has 0 aromatic heterocycles. The predicted molar refractivity (Wildman–Crippen MR) is 67.8 cm³/mol. The molecule has 94 valence electrons. The van der Waals surface area contributed by atoms with Crippen LogP contribution in [0, 0.1) is 11.7 Å². The Morgan fingerprint density at radius 1 is 1.59 bits per heavy atom. The zero-order chi connectivity index (χ0) is 12.6. The number of benzene rings is 1. The van der Waals surface area contributed by atoms with Gasteiger partial charge in [0.15, 0.2) is 0 Å². The fourth-order valence-corrected chi connectivity index (χ4v) is 2.54. The molecule has 0 aliphatic carbocycles. The van der Waals surface area contributed by atoms with E-state index in [1.807, 2.05) is 4.90 Å². The van der Waals surface area contributed by atoms with E-state index < -0.39 is 5.82 Å². The highest BCUT2D eigenvalue weighted by atomic mass is 35.5. The summed E-state index contributed by atoms with van der Waals surface area (Å²) in [5, 5.41) is 9.45. The fourth-order valence-electron chi connectivity index (χ4n) is 2.39. The molecular formula is C12H16ClFN2O. The van der Waals surface area contributed by atoms with Crippen LogP contribution in [0.2, 0.25) is 5.02 Å². The van der Waals surface area contributed by atoms with Crippen molar-refractivity contribution in [2.45, 2.75) is 19.4 Å². The fraction of sp³-hybridized carbons (Fsp3) is 0.500. The van der Waals surface area contributed by atoms with E-state index in [0.29, 0.717) is 17.3 Å². The highest BCUT2D eigenvalue weighted by Gasteiger charge is 2.31. The zero-order valence-electron chi connectivity index (χ0n) is 9.66. The highest BCUT2D eigenvalue weighted by Crippen LogP contribution is 2.35. The summed E-state index contributed by atoms with van der Waals surface area (Å²) in [7, 11) is 0. The van der Waals surface area contributed by atoms with Gasteiger partial charge in [-0.25, -0.2) is 4.39 Å². The standard InChI is InChI=1S/C12H16ClFN2O/c1-7-2-3-16(12(7)6-17)11-4-8(13)9(14)5-10(11)15/h4-5,7,12,17H,2-3,6,15H2,1H3. The van der Waals surface area contributed by atoms with E-state index >= 15 is 0 Å². The minimum absolute atomic E-state index is 0.0267. The van der Waals surface area contributed by atoms with Crippen LogP contribution in [0.4, 0.5) is 15.8 Å². The number of anilines is 2. The lowest BCUT2D eigenvalue weighted by Gasteiger charge is -2.28. The summed E-state index contributed by atoms with van der Waals surface area (Å²) < 4.78 is 13.2. The van der Waals surface area contributed by atoms with Crippen molar-refractivity contribution in [3.05, 3.63) is 23.0 Å². The van der Waals surface area contributed by atoms with Crippen molar-refractivity contribution in [1.82, 2.24) is 0 Å². The molecule has 1 saturated heterocycles. The average molecular weight is 259 g/mol. The molecule has 2 rings (SSSR count). The van der Waals surface area contributed by atoms with Gasteiger partial charge in [0.2, 0.25) is 0 Å². The van der Waals surface area contributed by atoms with Gasteiger partial charge in [0.05, 0.1) is 29.0 Å². The van der Waals surface area contributed by atoms with Crippen LogP contribution in [0.5, 0.6) is 0 Å². The molecule has 1 heterocycles. The largest absolute Gasteiger partial charge is 0.397 e. The van der Waals surface area contributed by atoms with Crippen molar-refractivity contribution in [3.8, 4) is 0 Å². The van der Waals surface area contributed by atoms with Crippen LogP contribution in [-0.2, 0) is 0 Å². The van der Waals surface area contributed by atoms with Crippen LogP contribution in [0.1, 0.15) is 13.3 Å². The van der Waals surface area contributed by atoms with Gasteiger partial charge in [0, 0.05) is 12.6 Å². The van der Waals surface area contributed by atoms with Crippen molar-refractivity contribution in [2.75, 3.05) is 23.8 Å². The summed E-state index contributed by atoms with van der Waals surface area (Å²) in [6, 6.07) is 2.79. The van der Waals surface area contributed by atoms with E-state index in [4.69, 9.17) is 17.3 Å². The lowest BCUT2D eigenvalue weighted by atomic mass is 10.0. The quantitative estimate of drug-likeness (QED) is 0.800. The summed E-state index contributed by atoms with van der Waals surface area (Å²) in [5.41, 5.74) is 6.88. The van der Waals surface area contributed by atoms with Crippen molar-refractivity contribution in [1.29, 1.82) is 0 Å². The number of rotatable bonds is 2. The highest BCUT2D eigenvalue weighted by molar-refractivity contribution is 6.31. The Bertz CT molecular complexity index is 427. The van der Waals surface area contributed by atoms with Crippen LogP contribution in [-0.4, -0.2) is 24.3 Å². The third kappa shape index (κ3) is 2.19. The second-order valence-electron chi connectivity index (χ2n) is 4.53. The number of aliphatic hydroxyl groups is 1. The number of nitrogen functional groups attached to an aromatic ring is 1. The third-order valence-electron chi connectivity index (χ3n) is 3.45. The summed E-state index contributed by atoms with van der Waals surface area (Å²) >= 11 is 5.77. The molecule has 0 spiro atoms. The number of nitrogens with two attached hydrogens (primary N) is 1. The van der Waals surface area contributed by atoms with Crippen molar-refractivity contribution >= 4 is 23.0 Å². The Hall–Kier alpha value is -1.00. The molecule has 2 atom stereocenters. The predicted octanol–water partition coefficient (Wildman–Crippen LogP) is 2.27. The van der Waals surface area contributed by atoms with Gasteiger partial charge in [0.1, 0.15) is 5.82 Å². The van der Waals surface area contributed by atoms with Crippen LogP contribution in [0.25, 0.3) is 0 Å². The maximum atomic E-state index is 13.2. The van der Waals surface area contributed by atoms with Gasteiger partial charge in [-0.2, -0.15) is 0 Å². The van der Waals surface area contributed by atoms with Crippen molar-refractivity contribution < 1.29 is 9.50 Å². The zero-order valence-corrected chi connectivity index (χ0v) is 10.4. The maximum absolute atomic E-state index is 13.2. The number of nitrogens with zero attached hydrogens (tertiary/aromatic N) is 1. The first-order chi connectivity index (χ1) is 8.04. The molecular weight excluding hydrogens is 243 g/mol. The van der Waals surface area contributed by atoms with E-state index in [9.17, 15) is 9.50 Å². The molecule has 1 aliphatic rings. The molecule has 5 heteroatoms. The Balaban J connectivity index is 2.37. The van der Waals surface area contributed by atoms with Crippen molar-refractivity contribution in [3.63, 3.8) is 0 Å². The molecule has 0 bridgehead atoms. The Morgan fingerprint density at radius 3 is 2.94 bits per heavy atom. The Kier molecular flexibility index (Phi) is 3.45. The number of hydrogen-bond donors (Lipinski definition) is 2. The van der Waals surface area contributed by atoms with Crippen LogP contribution >= 0.6 is 11.6 Å². The monoisotopic (exact) mass is 258 g/mol. The van der Waals surface area contributed by atoms with Crippen molar-refractivity contribution in [2.24, 2.45) is 5.92 Å². The summed E-state index contributed by atoms with van der Waals surface area (Å²) in [5.74, 6) is -0.121. The molecule has 0 saturated carbocycles. The Morgan fingerprint density at radius 2 is 2.29 bits per heavy atom. The minimum Gasteiger partial charge on any atom is -0.397 e. The molecule has 1 fully saturated rings. The molecule has 3 nitrogen and oxygen atoms in total. The average Bonchev–Trinajstić information content (AvgIpc) is 2.64. The molecule has 1 aromatic carbocycles. The lowest BCUT2D eigenvalue weighted by Crippen LogP contribution is -2.35. The van der Waals surface area contributed by atoms with Crippen LogP contribution < -0.4 is 10.6 Å². The molecule has 1 aromatic rings. The van der Waals surface area contributed by atoms with Gasteiger partial charge in [-0.3, -0.25) is 0 Å². The smallest absolute Gasteiger partial charge is 0.143 e. The SMILES string of the molecule is CC1CCN(c2cc(Cl)c(F)cc2N)C1CO. The van der Waals surface area contributed by atoms with E-state index in [1.54, 1.807) is 0 Å². The first-order valence-electron chi connectivity index (χ1n) is 5.66. The number of aliphatic hydroxyl groups excluding tert-OH is 1. The first kappa shape index (κ1) is 12.5. The third-order valence-corrected chi connectivity index (χ3v) is 3.74. The second-order valence-corrected chi connectivity index (χ2v) is 4.94. The topological polar surface area (TPSA) is 49.5 Å². The normalized spacial score (nSPS) is 24.4. The van der Waals surface area contributed by atoms with E-state index in [2.05, 4.69) is 6.92 Å². The van der Waals surface area contributed by atoms with Gasteiger partial charge in [-0.1, -0.05) is 18.5 Å². The van der Waals surface area contributed by atoms with Gasteiger partial charge in [-0.15, -0.1) is 0 Å². The first-order valence-corrected chi connectivity index (χ1v) is 6.04. The van der Waals surface area contributed by atoms with E-state index in [1.165, 1.54) is 12.1 Å². The van der Waals surface area contributed by atoms with E-state index in [0.717, 1.165) is 13.0 Å². The summed E-state index contributed by atoms with van der Waals surface area (Å²) in [6.07, 6.45) is 0.986. The van der Waals surface area contributed by atoms with E-state index in [-0.39, 0.29) is 17.7 Å². The summed E-state index contributed by atoms with van der Waals surface area (Å²) in [4.78, 5) is 2.01. The Labute approximate surface area is 105 Å². The van der Waals surface area contributed by atoms with Crippen LogP contribution in [0.15, 0.2) is 12.1 Å². The molecule has 0 radical (unpaired) electrons.